The molecule has 0 radical (unpaired) electrons. The molecule has 0 N–H and O–H groups in total. The second-order valence-electron chi connectivity index (χ2n) is 2.58. The fourth-order valence-corrected chi connectivity index (χ4v) is 1.13. The lowest BCUT2D eigenvalue weighted by Crippen LogP contribution is -2.08. The van der Waals surface area contributed by atoms with Gasteiger partial charge in [0.1, 0.15) is 0 Å². The lowest BCUT2D eigenvalue weighted by Gasteiger charge is -2.14. The summed E-state index contributed by atoms with van der Waals surface area (Å²) >= 11 is 0. The van der Waals surface area contributed by atoms with E-state index < -0.39 is 0 Å². The first-order chi connectivity index (χ1) is 6.83. The summed E-state index contributed by atoms with van der Waals surface area (Å²) in [4.78, 5) is 10.7. The van der Waals surface area contributed by atoms with Crippen molar-refractivity contribution in [2.45, 2.75) is 6.92 Å². The molecule has 14 heavy (non-hydrogen) atoms. The van der Waals surface area contributed by atoms with E-state index in [1.54, 1.807) is 30.4 Å². The molecule has 0 heterocycles. The van der Waals surface area contributed by atoms with Gasteiger partial charge in [-0.05, 0) is 19.1 Å². The highest BCUT2D eigenvalue weighted by Gasteiger charge is 2.04. The maximum Gasteiger partial charge on any atom is 0.152 e. The zero-order valence-electron chi connectivity index (χ0n) is 8.05. The van der Waals surface area contributed by atoms with Crippen molar-refractivity contribution >= 4 is 18.2 Å². The number of para-hydroxylation sites is 1. The molecule has 72 valence electrons. The molecule has 0 saturated carbocycles. The van der Waals surface area contributed by atoms with Crippen LogP contribution in [-0.2, 0) is 0 Å². The van der Waals surface area contributed by atoms with Gasteiger partial charge >= 0.3 is 0 Å². The largest absolute Gasteiger partial charge is 0.298 e. The topological polar surface area (TPSA) is 32.7 Å². The molecule has 3 nitrogen and oxygen atoms in total. The van der Waals surface area contributed by atoms with Gasteiger partial charge in [-0.2, -0.15) is 5.10 Å². The number of benzene rings is 1. The number of carbonyl (C=O) groups excluding carboxylic acids is 1. The highest BCUT2D eigenvalue weighted by molar-refractivity contribution is 5.85. The van der Waals surface area contributed by atoms with Crippen molar-refractivity contribution in [1.82, 2.24) is 0 Å². The fourth-order valence-electron chi connectivity index (χ4n) is 1.13. The van der Waals surface area contributed by atoms with Crippen molar-refractivity contribution < 1.29 is 4.79 Å². The number of aldehydes is 1. The Morgan fingerprint density at radius 1 is 1.43 bits per heavy atom. The van der Waals surface area contributed by atoms with E-state index in [0.717, 1.165) is 12.0 Å². The molecule has 0 saturated heterocycles. The molecule has 0 bridgehead atoms. The Balaban J connectivity index is 3.14. The van der Waals surface area contributed by atoms with E-state index in [4.69, 9.17) is 0 Å². The van der Waals surface area contributed by atoms with Crippen molar-refractivity contribution in [3.63, 3.8) is 0 Å². The number of hydrazone groups is 1. The highest BCUT2D eigenvalue weighted by Crippen LogP contribution is 2.18. The van der Waals surface area contributed by atoms with Gasteiger partial charge in [-0.3, -0.25) is 4.79 Å². The summed E-state index contributed by atoms with van der Waals surface area (Å²) in [5.41, 5.74) is 1.33. The quantitative estimate of drug-likeness (QED) is 0.413. The maximum absolute atomic E-state index is 10.7. The van der Waals surface area contributed by atoms with E-state index in [1.807, 2.05) is 18.2 Å². The van der Waals surface area contributed by atoms with E-state index in [9.17, 15) is 4.79 Å². The molecule has 0 aromatic heterocycles. The van der Waals surface area contributed by atoms with Crippen LogP contribution in [0.2, 0.25) is 0 Å². The Labute approximate surface area is 83.4 Å². The third-order valence-electron chi connectivity index (χ3n) is 1.72. The Morgan fingerprint density at radius 3 is 2.71 bits per heavy atom. The molecule has 3 heteroatoms. The van der Waals surface area contributed by atoms with E-state index in [2.05, 4.69) is 11.7 Å². The third kappa shape index (κ3) is 2.07. The van der Waals surface area contributed by atoms with Crippen LogP contribution in [0.15, 0.2) is 42.1 Å². The average molecular weight is 188 g/mol. The minimum absolute atomic E-state index is 0.595. The monoisotopic (exact) mass is 188 g/mol. The molecule has 0 aliphatic carbocycles. The summed E-state index contributed by atoms with van der Waals surface area (Å²) in [6.45, 7) is 5.43. The Kier molecular flexibility index (Phi) is 3.61. The zero-order chi connectivity index (χ0) is 10.4. The molecular formula is C11H12N2O. The number of rotatable bonds is 4. The molecule has 1 aromatic rings. The Bertz CT molecular complexity index is 358. The lowest BCUT2D eigenvalue weighted by molar-refractivity contribution is 0.112. The second-order valence-corrected chi connectivity index (χ2v) is 2.58. The fraction of sp³-hybridized carbons (Fsp3) is 0.0909. The number of anilines is 1. The van der Waals surface area contributed by atoms with Crippen molar-refractivity contribution in [3.05, 3.63) is 42.6 Å². The highest BCUT2D eigenvalue weighted by atomic mass is 16.1. The average Bonchev–Trinajstić information content (AvgIpc) is 2.26. The van der Waals surface area contributed by atoms with Crippen LogP contribution in [0.25, 0.3) is 0 Å². The van der Waals surface area contributed by atoms with Gasteiger partial charge in [0.2, 0.25) is 0 Å². The van der Waals surface area contributed by atoms with Crippen LogP contribution in [0.1, 0.15) is 17.3 Å². The first kappa shape index (κ1) is 10.2. The van der Waals surface area contributed by atoms with E-state index in [-0.39, 0.29) is 0 Å². The van der Waals surface area contributed by atoms with E-state index in [0.29, 0.717) is 5.56 Å². The minimum atomic E-state index is 0.595. The van der Waals surface area contributed by atoms with Gasteiger partial charge in [0.15, 0.2) is 6.29 Å². The van der Waals surface area contributed by atoms with Crippen molar-refractivity contribution in [1.29, 1.82) is 0 Å². The summed E-state index contributed by atoms with van der Waals surface area (Å²) in [5.74, 6) is 0. The predicted octanol–water partition coefficient (Wildman–Crippen LogP) is 2.45. The van der Waals surface area contributed by atoms with Gasteiger partial charge < -0.3 is 0 Å². The van der Waals surface area contributed by atoms with Gasteiger partial charge in [0.05, 0.1) is 5.69 Å². The lowest BCUT2D eigenvalue weighted by atomic mass is 10.2. The summed E-state index contributed by atoms with van der Waals surface area (Å²) < 4.78 is 0. The van der Waals surface area contributed by atoms with Gasteiger partial charge in [0.25, 0.3) is 0 Å². The number of nitrogens with zero attached hydrogens (tertiary/aromatic N) is 2. The predicted molar refractivity (Wildman–Crippen MR) is 58.7 cm³/mol. The van der Waals surface area contributed by atoms with Gasteiger partial charge in [0, 0.05) is 18.0 Å². The molecule has 0 fully saturated rings. The normalized spacial score (nSPS) is 10.1. The smallest absolute Gasteiger partial charge is 0.152 e. The molecule has 0 unspecified atom stereocenters. The van der Waals surface area contributed by atoms with Crippen LogP contribution in [0.5, 0.6) is 0 Å². The van der Waals surface area contributed by atoms with Gasteiger partial charge in [-0.1, -0.05) is 18.7 Å². The van der Waals surface area contributed by atoms with Crippen LogP contribution in [-0.4, -0.2) is 12.5 Å². The molecule has 1 rings (SSSR count). The SMILES string of the molecule is C=CN(/N=C\C)c1ccccc1C=O. The Morgan fingerprint density at radius 2 is 2.14 bits per heavy atom. The number of hydrogen-bond acceptors (Lipinski definition) is 3. The molecule has 0 amide bonds. The van der Waals surface area contributed by atoms with Crippen LogP contribution in [0, 0.1) is 0 Å². The standard InChI is InChI=1S/C11H12N2O/c1-3-12-13(4-2)11-8-6-5-7-10(11)9-14/h3-9H,2H2,1H3/b12-3-. The van der Waals surface area contributed by atoms with Crippen molar-refractivity contribution in [2.75, 3.05) is 5.01 Å². The van der Waals surface area contributed by atoms with Crippen LogP contribution >= 0.6 is 0 Å². The Hall–Kier alpha value is -1.90. The third-order valence-corrected chi connectivity index (χ3v) is 1.72. The van der Waals surface area contributed by atoms with Gasteiger partial charge in [-0.15, -0.1) is 0 Å². The van der Waals surface area contributed by atoms with E-state index in [1.165, 1.54) is 0 Å². The summed E-state index contributed by atoms with van der Waals surface area (Å²) in [5, 5.41) is 5.61. The summed E-state index contributed by atoms with van der Waals surface area (Å²) in [6, 6.07) is 7.22. The summed E-state index contributed by atoms with van der Waals surface area (Å²) in [7, 11) is 0. The van der Waals surface area contributed by atoms with Gasteiger partial charge in [-0.25, -0.2) is 5.01 Å². The van der Waals surface area contributed by atoms with Crippen molar-refractivity contribution in [2.24, 2.45) is 5.10 Å². The van der Waals surface area contributed by atoms with E-state index >= 15 is 0 Å². The molecule has 0 aliphatic heterocycles. The first-order valence-corrected chi connectivity index (χ1v) is 4.28. The first-order valence-electron chi connectivity index (χ1n) is 4.28. The molecule has 0 aliphatic rings. The molecule has 1 aromatic carbocycles. The van der Waals surface area contributed by atoms with Crippen LogP contribution < -0.4 is 5.01 Å². The summed E-state index contributed by atoms with van der Waals surface area (Å²) in [6.07, 6.45) is 4.00. The second kappa shape index (κ2) is 4.97. The number of carbonyl (C=O) groups is 1. The van der Waals surface area contributed by atoms with Crippen LogP contribution in [0.4, 0.5) is 5.69 Å². The molecule has 0 atom stereocenters. The zero-order valence-corrected chi connectivity index (χ0v) is 8.05. The molecule has 0 spiro atoms. The number of hydrogen-bond donors (Lipinski definition) is 0. The maximum atomic E-state index is 10.7. The van der Waals surface area contributed by atoms with Crippen molar-refractivity contribution in [3.8, 4) is 0 Å². The minimum Gasteiger partial charge on any atom is -0.298 e. The van der Waals surface area contributed by atoms with Crippen LogP contribution in [0.3, 0.4) is 0 Å². The molecular weight excluding hydrogens is 176 g/mol.